The Kier molecular flexibility index (Phi) is 5.04. The number of sulfonamides is 1. The zero-order valence-electron chi connectivity index (χ0n) is 9.64. The van der Waals surface area contributed by atoms with Crippen LogP contribution in [0.5, 0.6) is 0 Å². The van der Waals surface area contributed by atoms with Gasteiger partial charge in [-0.1, -0.05) is 43.4 Å². The van der Waals surface area contributed by atoms with Crippen molar-refractivity contribution >= 4 is 27.2 Å². The molecule has 0 amide bonds. The van der Waals surface area contributed by atoms with Crippen molar-refractivity contribution in [1.29, 1.82) is 0 Å². The molecule has 1 aromatic rings. The first kappa shape index (κ1) is 14.1. The van der Waals surface area contributed by atoms with Gasteiger partial charge in [0.2, 0.25) is 10.0 Å². The van der Waals surface area contributed by atoms with Gasteiger partial charge < -0.3 is 5.73 Å². The van der Waals surface area contributed by atoms with Gasteiger partial charge in [-0.05, 0) is 12.0 Å². The second-order valence-corrected chi connectivity index (χ2v) is 6.07. The van der Waals surface area contributed by atoms with Gasteiger partial charge in [0.05, 0.1) is 5.75 Å². The van der Waals surface area contributed by atoms with E-state index in [1.165, 1.54) is 0 Å². The second kappa shape index (κ2) is 6.09. The zero-order valence-corrected chi connectivity index (χ0v) is 11.3. The lowest BCUT2D eigenvalue weighted by atomic mass is 10.1. The Morgan fingerprint density at radius 2 is 1.94 bits per heavy atom. The Balaban J connectivity index is 2.62. The van der Waals surface area contributed by atoms with Crippen LogP contribution in [0.15, 0.2) is 24.3 Å². The molecule has 3 N–H and O–H groups in total. The summed E-state index contributed by atoms with van der Waals surface area (Å²) in [6.45, 7) is 2.12. The maximum Gasteiger partial charge on any atom is 0.211 e. The molecule has 0 aliphatic heterocycles. The molecule has 0 spiro atoms. The highest BCUT2D eigenvalue weighted by molar-refractivity contribution is 7.89. The monoisotopic (exact) mass is 272 g/mol. The summed E-state index contributed by atoms with van der Waals surface area (Å²) in [6, 6.07) is 7.18. The predicted molar refractivity (Wildman–Crippen MR) is 73.2 cm³/mol. The quantitative estimate of drug-likeness (QED) is 0.762. The standard InChI is InChI=1S/C11H16N2O2S2/c1-2-7-17(14,15)13-8-9-3-5-10(6-4-9)11(12)16/h3-6,13H,2,7-8H2,1H3,(H2,12,16). The van der Waals surface area contributed by atoms with Crippen molar-refractivity contribution in [2.75, 3.05) is 5.75 Å². The van der Waals surface area contributed by atoms with Gasteiger partial charge in [0.1, 0.15) is 4.99 Å². The fraction of sp³-hybridized carbons (Fsp3) is 0.364. The van der Waals surface area contributed by atoms with Gasteiger partial charge in [-0.3, -0.25) is 0 Å². The van der Waals surface area contributed by atoms with Crippen LogP contribution >= 0.6 is 12.2 Å². The topological polar surface area (TPSA) is 72.2 Å². The zero-order chi connectivity index (χ0) is 12.9. The minimum absolute atomic E-state index is 0.151. The van der Waals surface area contributed by atoms with Gasteiger partial charge in [-0.2, -0.15) is 0 Å². The molecule has 1 aromatic carbocycles. The van der Waals surface area contributed by atoms with E-state index in [2.05, 4.69) is 4.72 Å². The number of rotatable bonds is 6. The van der Waals surface area contributed by atoms with E-state index in [1.807, 2.05) is 19.1 Å². The number of benzene rings is 1. The van der Waals surface area contributed by atoms with Crippen LogP contribution in [0.3, 0.4) is 0 Å². The molecule has 0 fully saturated rings. The molecule has 0 radical (unpaired) electrons. The molecule has 0 heterocycles. The molecule has 94 valence electrons. The average Bonchev–Trinajstić information content (AvgIpc) is 2.27. The van der Waals surface area contributed by atoms with E-state index < -0.39 is 10.0 Å². The number of hydrogen-bond donors (Lipinski definition) is 2. The Morgan fingerprint density at radius 3 is 2.41 bits per heavy atom. The molecule has 0 aliphatic carbocycles. The number of nitrogens with one attached hydrogen (secondary N) is 1. The second-order valence-electron chi connectivity index (χ2n) is 3.70. The van der Waals surface area contributed by atoms with Crippen LogP contribution in [-0.4, -0.2) is 19.2 Å². The van der Waals surface area contributed by atoms with E-state index in [9.17, 15) is 8.42 Å². The van der Waals surface area contributed by atoms with Gasteiger partial charge in [0.15, 0.2) is 0 Å². The molecule has 17 heavy (non-hydrogen) atoms. The van der Waals surface area contributed by atoms with Crippen LogP contribution in [0.1, 0.15) is 24.5 Å². The molecule has 0 unspecified atom stereocenters. The first-order valence-corrected chi connectivity index (χ1v) is 7.37. The molecule has 6 heteroatoms. The fourth-order valence-electron chi connectivity index (χ4n) is 1.32. The Morgan fingerprint density at radius 1 is 1.35 bits per heavy atom. The van der Waals surface area contributed by atoms with Crippen LogP contribution in [0.4, 0.5) is 0 Å². The van der Waals surface area contributed by atoms with Gasteiger partial charge in [-0.25, -0.2) is 13.1 Å². The lowest BCUT2D eigenvalue weighted by Crippen LogP contribution is -2.25. The van der Waals surface area contributed by atoms with Crippen molar-refractivity contribution in [3.05, 3.63) is 35.4 Å². The van der Waals surface area contributed by atoms with Gasteiger partial charge in [0, 0.05) is 12.1 Å². The average molecular weight is 272 g/mol. The van der Waals surface area contributed by atoms with Crippen molar-refractivity contribution in [2.24, 2.45) is 5.73 Å². The van der Waals surface area contributed by atoms with Crippen LogP contribution in [0.2, 0.25) is 0 Å². The SMILES string of the molecule is CCCS(=O)(=O)NCc1ccc(C(N)=S)cc1. The first-order chi connectivity index (χ1) is 7.94. The third-order valence-electron chi connectivity index (χ3n) is 2.21. The van der Waals surface area contributed by atoms with E-state index in [0.29, 0.717) is 18.0 Å². The summed E-state index contributed by atoms with van der Waals surface area (Å²) in [5, 5.41) is 0. The van der Waals surface area contributed by atoms with Crippen LogP contribution in [-0.2, 0) is 16.6 Å². The summed E-state index contributed by atoms with van der Waals surface area (Å²) in [4.78, 5) is 0.336. The van der Waals surface area contributed by atoms with Gasteiger partial charge in [-0.15, -0.1) is 0 Å². The summed E-state index contributed by atoms with van der Waals surface area (Å²) in [5.41, 5.74) is 7.12. The van der Waals surface area contributed by atoms with E-state index >= 15 is 0 Å². The Bertz CT molecular complexity index is 481. The van der Waals surface area contributed by atoms with E-state index in [4.69, 9.17) is 18.0 Å². The summed E-state index contributed by atoms with van der Waals surface area (Å²) in [6.07, 6.45) is 0.607. The molecule has 0 saturated carbocycles. The van der Waals surface area contributed by atoms with E-state index in [-0.39, 0.29) is 5.75 Å². The van der Waals surface area contributed by atoms with Crippen LogP contribution in [0, 0.1) is 0 Å². The molecule has 0 atom stereocenters. The van der Waals surface area contributed by atoms with Gasteiger partial charge in [0.25, 0.3) is 0 Å². The highest BCUT2D eigenvalue weighted by Crippen LogP contribution is 2.04. The third kappa shape index (κ3) is 4.80. The van der Waals surface area contributed by atoms with Crippen molar-refractivity contribution in [3.8, 4) is 0 Å². The molecule has 4 nitrogen and oxygen atoms in total. The van der Waals surface area contributed by atoms with Crippen molar-refractivity contribution < 1.29 is 8.42 Å². The fourth-order valence-corrected chi connectivity index (χ4v) is 2.53. The largest absolute Gasteiger partial charge is 0.389 e. The van der Waals surface area contributed by atoms with Crippen LogP contribution < -0.4 is 10.5 Å². The molecule has 0 bridgehead atoms. The maximum absolute atomic E-state index is 11.4. The first-order valence-electron chi connectivity index (χ1n) is 5.30. The summed E-state index contributed by atoms with van der Waals surface area (Å²) >= 11 is 4.83. The number of thiocarbonyl (C=S) groups is 1. The van der Waals surface area contributed by atoms with Gasteiger partial charge >= 0.3 is 0 Å². The minimum Gasteiger partial charge on any atom is -0.389 e. The van der Waals surface area contributed by atoms with Crippen molar-refractivity contribution in [2.45, 2.75) is 19.9 Å². The lowest BCUT2D eigenvalue weighted by Gasteiger charge is -2.06. The van der Waals surface area contributed by atoms with E-state index in [1.54, 1.807) is 12.1 Å². The van der Waals surface area contributed by atoms with Crippen molar-refractivity contribution in [1.82, 2.24) is 4.72 Å². The Hall–Kier alpha value is -0.980. The predicted octanol–water partition coefficient (Wildman–Crippen LogP) is 1.15. The number of nitrogens with two attached hydrogens (primary N) is 1. The van der Waals surface area contributed by atoms with Crippen molar-refractivity contribution in [3.63, 3.8) is 0 Å². The molecule has 0 aliphatic rings. The minimum atomic E-state index is -3.16. The van der Waals surface area contributed by atoms with E-state index in [0.717, 1.165) is 11.1 Å². The molecule has 0 saturated heterocycles. The normalized spacial score (nSPS) is 11.4. The molecular formula is C11H16N2O2S2. The third-order valence-corrected chi connectivity index (χ3v) is 3.97. The lowest BCUT2D eigenvalue weighted by molar-refractivity contribution is 0.580. The molecular weight excluding hydrogens is 256 g/mol. The van der Waals surface area contributed by atoms with Crippen LogP contribution in [0.25, 0.3) is 0 Å². The summed E-state index contributed by atoms with van der Waals surface area (Å²) in [5.74, 6) is 0.151. The molecule has 1 rings (SSSR count). The highest BCUT2D eigenvalue weighted by atomic mass is 32.2. The smallest absolute Gasteiger partial charge is 0.211 e. The Labute approximate surface area is 107 Å². The summed E-state index contributed by atoms with van der Waals surface area (Å²) < 4.78 is 25.4. The number of hydrogen-bond acceptors (Lipinski definition) is 3. The highest BCUT2D eigenvalue weighted by Gasteiger charge is 2.07. The molecule has 0 aromatic heterocycles. The maximum atomic E-state index is 11.4. The summed E-state index contributed by atoms with van der Waals surface area (Å²) in [7, 11) is -3.16.